The zero-order valence-corrected chi connectivity index (χ0v) is 19.3. The first-order valence-corrected chi connectivity index (χ1v) is 11.8. The summed E-state index contributed by atoms with van der Waals surface area (Å²) in [7, 11) is 1.73. The molecule has 0 saturated heterocycles. The number of esters is 2. The lowest BCUT2D eigenvalue weighted by Crippen LogP contribution is -2.48. The second-order valence-electron chi connectivity index (χ2n) is 10.0. The minimum Gasteiger partial charge on any atom is -0.497 e. The molecule has 1 aromatic rings. The van der Waals surface area contributed by atoms with Crippen molar-refractivity contribution < 1.29 is 23.8 Å². The number of hydrogen-bond acceptors (Lipinski definition) is 5. The SMILES string of the molecule is COc1ccc2c(c1)C[C@@H](CCCOC(C)=O)[C@@H]1[C@@H]2CC[C@]2(C)[C@@H](OC(C)=O)CC[C@@H]12. The fourth-order valence-corrected chi connectivity index (χ4v) is 7.08. The molecule has 3 aliphatic rings. The molecule has 0 unspecified atom stereocenters. The number of fused-ring (bicyclic) bond motifs is 5. The quantitative estimate of drug-likeness (QED) is 0.469. The molecule has 0 amide bonds. The Morgan fingerprint density at radius 2 is 1.94 bits per heavy atom. The van der Waals surface area contributed by atoms with Gasteiger partial charge in [-0.25, -0.2) is 0 Å². The largest absolute Gasteiger partial charge is 0.497 e. The van der Waals surface area contributed by atoms with E-state index in [1.54, 1.807) is 7.11 Å². The van der Waals surface area contributed by atoms with Gasteiger partial charge in [-0.2, -0.15) is 0 Å². The third-order valence-electron chi connectivity index (χ3n) is 8.35. The maximum atomic E-state index is 11.7. The van der Waals surface area contributed by atoms with Gasteiger partial charge in [0.1, 0.15) is 11.9 Å². The fraction of sp³-hybridized carbons (Fsp3) is 0.692. The van der Waals surface area contributed by atoms with Crippen LogP contribution in [0.2, 0.25) is 0 Å². The normalized spacial score (nSPS) is 33.6. The predicted octanol–water partition coefficient (Wildman–Crippen LogP) is 5.05. The van der Waals surface area contributed by atoms with Crippen LogP contribution in [0.3, 0.4) is 0 Å². The van der Waals surface area contributed by atoms with Crippen LogP contribution >= 0.6 is 0 Å². The van der Waals surface area contributed by atoms with E-state index in [9.17, 15) is 9.59 Å². The summed E-state index contributed by atoms with van der Waals surface area (Å²) in [5.74, 6) is 2.78. The van der Waals surface area contributed by atoms with Crippen LogP contribution in [-0.4, -0.2) is 31.8 Å². The van der Waals surface area contributed by atoms with Crippen LogP contribution in [0.15, 0.2) is 18.2 Å². The van der Waals surface area contributed by atoms with Gasteiger partial charge in [-0.3, -0.25) is 9.59 Å². The van der Waals surface area contributed by atoms with Crippen molar-refractivity contribution in [3.63, 3.8) is 0 Å². The molecule has 3 aliphatic carbocycles. The Morgan fingerprint density at radius 1 is 1.13 bits per heavy atom. The molecule has 0 aromatic heterocycles. The Labute approximate surface area is 185 Å². The van der Waals surface area contributed by atoms with Gasteiger partial charge in [0, 0.05) is 19.3 Å². The lowest BCUT2D eigenvalue weighted by Gasteiger charge is -2.53. The van der Waals surface area contributed by atoms with Crippen molar-refractivity contribution in [2.45, 2.75) is 77.7 Å². The molecular formula is C26H36O5. The Morgan fingerprint density at radius 3 is 2.65 bits per heavy atom. The Hall–Kier alpha value is -2.04. The lowest BCUT2D eigenvalue weighted by molar-refractivity contribution is -0.155. The smallest absolute Gasteiger partial charge is 0.302 e. The molecule has 6 atom stereocenters. The van der Waals surface area contributed by atoms with Gasteiger partial charge >= 0.3 is 11.9 Å². The molecular weight excluding hydrogens is 392 g/mol. The molecule has 2 fully saturated rings. The van der Waals surface area contributed by atoms with E-state index in [4.69, 9.17) is 14.2 Å². The van der Waals surface area contributed by atoms with E-state index in [-0.39, 0.29) is 23.5 Å². The topological polar surface area (TPSA) is 61.8 Å². The van der Waals surface area contributed by atoms with Crippen molar-refractivity contribution in [1.29, 1.82) is 0 Å². The van der Waals surface area contributed by atoms with Crippen LogP contribution in [-0.2, 0) is 25.5 Å². The van der Waals surface area contributed by atoms with Crippen molar-refractivity contribution in [2.75, 3.05) is 13.7 Å². The molecule has 0 N–H and O–H groups in total. The first kappa shape index (κ1) is 22.2. The molecule has 5 nitrogen and oxygen atoms in total. The second kappa shape index (κ2) is 8.84. The highest BCUT2D eigenvalue weighted by atomic mass is 16.5. The number of methoxy groups -OCH3 is 1. The third kappa shape index (κ3) is 4.20. The zero-order chi connectivity index (χ0) is 22.2. The van der Waals surface area contributed by atoms with Crippen LogP contribution in [0.5, 0.6) is 5.75 Å². The molecule has 0 bridgehead atoms. The van der Waals surface area contributed by atoms with E-state index in [2.05, 4.69) is 25.1 Å². The highest BCUT2D eigenvalue weighted by Crippen LogP contribution is 2.63. The summed E-state index contributed by atoms with van der Waals surface area (Å²) in [6, 6.07) is 6.60. The lowest BCUT2D eigenvalue weighted by atomic mass is 9.52. The van der Waals surface area contributed by atoms with E-state index in [0.29, 0.717) is 30.3 Å². The second-order valence-corrected chi connectivity index (χ2v) is 10.0. The van der Waals surface area contributed by atoms with Crippen molar-refractivity contribution in [1.82, 2.24) is 0 Å². The molecule has 2 saturated carbocycles. The van der Waals surface area contributed by atoms with Crippen LogP contribution in [0.4, 0.5) is 0 Å². The van der Waals surface area contributed by atoms with Crippen LogP contribution in [0.25, 0.3) is 0 Å². The summed E-state index contributed by atoms with van der Waals surface area (Å²) >= 11 is 0. The van der Waals surface area contributed by atoms with Crippen LogP contribution < -0.4 is 4.74 Å². The monoisotopic (exact) mass is 428 g/mol. The predicted molar refractivity (Wildman–Crippen MR) is 118 cm³/mol. The fourth-order valence-electron chi connectivity index (χ4n) is 7.08. The molecule has 1 aromatic carbocycles. The van der Waals surface area contributed by atoms with Crippen LogP contribution in [0, 0.1) is 23.2 Å². The van der Waals surface area contributed by atoms with Crippen molar-refractivity contribution in [3.8, 4) is 5.75 Å². The van der Waals surface area contributed by atoms with Gasteiger partial charge in [0.15, 0.2) is 0 Å². The average molecular weight is 429 g/mol. The van der Waals surface area contributed by atoms with E-state index in [0.717, 1.165) is 50.7 Å². The first-order valence-electron chi connectivity index (χ1n) is 11.8. The number of rotatable bonds is 6. The minimum absolute atomic E-state index is 0.0370. The number of carbonyl (C=O) groups is 2. The highest BCUT2D eigenvalue weighted by molar-refractivity contribution is 5.66. The van der Waals surface area contributed by atoms with Gasteiger partial charge in [-0.15, -0.1) is 0 Å². The summed E-state index contributed by atoms with van der Waals surface area (Å²) < 4.78 is 16.5. The van der Waals surface area contributed by atoms with Crippen molar-refractivity contribution >= 4 is 11.9 Å². The van der Waals surface area contributed by atoms with Gasteiger partial charge in [0.05, 0.1) is 13.7 Å². The molecule has 0 aliphatic heterocycles. The minimum atomic E-state index is -0.207. The standard InChI is InChI=1S/C26H36O5/c1-16(27)30-13-5-6-18-14-19-15-20(29-4)7-8-21(19)22-11-12-26(3)23(25(18)22)9-10-24(26)31-17(2)28/h7-8,15,18,22-25H,5-6,9-14H2,1-4H3/t18-,22-,23+,24+,25-,26+/m1/s1. The van der Waals surface area contributed by atoms with Gasteiger partial charge in [0.25, 0.3) is 0 Å². The summed E-state index contributed by atoms with van der Waals surface area (Å²) in [5.41, 5.74) is 2.96. The van der Waals surface area contributed by atoms with Gasteiger partial charge in [-0.1, -0.05) is 13.0 Å². The third-order valence-corrected chi connectivity index (χ3v) is 8.35. The van der Waals surface area contributed by atoms with E-state index >= 15 is 0 Å². The van der Waals surface area contributed by atoms with Crippen molar-refractivity contribution in [3.05, 3.63) is 29.3 Å². The van der Waals surface area contributed by atoms with Gasteiger partial charge in [0.2, 0.25) is 0 Å². The maximum absolute atomic E-state index is 11.7. The van der Waals surface area contributed by atoms with E-state index in [1.165, 1.54) is 25.0 Å². The molecule has 0 heterocycles. The number of carbonyl (C=O) groups excluding carboxylic acids is 2. The van der Waals surface area contributed by atoms with E-state index < -0.39 is 0 Å². The molecule has 31 heavy (non-hydrogen) atoms. The highest BCUT2D eigenvalue weighted by Gasteiger charge is 2.57. The van der Waals surface area contributed by atoms with Gasteiger partial charge < -0.3 is 14.2 Å². The number of ether oxygens (including phenoxy) is 3. The summed E-state index contributed by atoms with van der Waals surface area (Å²) in [5, 5.41) is 0. The number of benzene rings is 1. The molecule has 0 spiro atoms. The van der Waals surface area contributed by atoms with Crippen molar-refractivity contribution in [2.24, 2.45) is 23.2 Å². The molecule has 5 heteroatoms. The summed E-state index contributed by atoms with van der Waals surface area (Å²) in [6.45, 7) is 5.85. The Balaban J connectivity index is 1.62. The van der Waals surface area contributed by atoms with Crippen LogP contribution in [0.1, 0.15) is 76.3 Å². The average Bonchev–Trinajstić information content (AvgIpc) is 3.05. The van der Waals surface area contributed by atoms with Gasteiger partial charge in [-0.05, 0) is 91.9 Å². The Kier molecular flexibility index (Phi) is 6.32. The van der Waals surface area contributed by atoms with E-state index in [1.807, 2.05) is 0 Å². The Bertz CT molecular complexity index is 833. The number of hydrogen-bond donors (Lipinski definition) is 0. The first-order chi connectivity index (χ1) is 14.8. The summed E-state index contributed by atoms with van der Waals surface area (Å²) in [4.78, 5) is 22.9. The molecule has 0 radical (unpaired) electrons. The zero-order valence-electron chi connectivity index (χ0n) is 19.3. The molecule has 4 rings (SSSR count). The molecule has 170 valence electrons. The maximum Gasteiger partial charge on any atom is 0.302 e. The summed E-state index contributed by atoms with van der Waals surface area (Å²) in [6.07, 6.45) is 7.35.